The van der Waals surface area contributed by atoms with Crippen LogP contribution in [0.5, 0.6) is 5.75 Å². The van der Waals surface area contributed by atoms with Gasteiger partial charge in [0.05, 0.1) is 6.10 Å². The van der Waals surface area contributed by atoms with E-state index in [2.05, 4.69) is 4.98 Å². The van der Waals surface area contributed by atoms with Crippen LogP contribution in [-0.2, 0) is 0 Å². The lowest BCUT2D eigenvalue weighted by Crippen LogP contribution is -2.13. The second-order valence-electron chi connectivity index (χ2n) is 3.77. The van der Waals surface area contributed by atoms with E-state index in [0.717, 1.165) is 16.7 Å². The van der Waals surface area contributed by atoms with Crippen LogP contribution in [0.25, 0.3) is 10.9 Å². The van der Waals surface area contributed by atoms with Gasteiger partial charge in [0.25, 0.3) is 0 Å². The van der Waals surface area contributed by atoms with Gasteiger partial charge in [-0.1, -0.05) is 18.2 Å². The Kier molecular flexibility index (Phi) is 3.37. The van der Waals surface area contributed by atoms with Crippen LogP contribution in [0.2, 0.25) is 0 Å². The minimum absolute atomic E-state index is 0.00222. The molecular weight excluding hydrogens is 202 g/mol. The van der Waals surface area contributed by atoms with Crippen molar-refractivity contribution in [3.05, 3.63) is 36.5 Å². The number of ether oxygens (including phenoxy) is 1. The van der Waals surface area contributed by atoms with Gasteiger partial charge >= 0.3 is 0 Å². The first-order valence-electron chi connectivity index (χ1n) is 5.42. The zero-order valence-electron chi connectivity index (χ0n) is 9.26. The molecule has 2 aromatic rings. The van der Waals surface area contributed by atoms with Crippen molar-refractivity contribution in [1.29, 1.82) is 0 Å². The predicted octanol–water partition coefficient (Wildman–Crippen LogP) is 2.38. The summed E-state index contributed by atoms with van der Waals surface area (Å²) in [5.41, 5.74) is 0.870. The zero-order valence-corrected chi connectivity index (χ0v) is 9.26. The third-order valence-electron chi connectivity index (χ3n) is 2.46. The van der Waals surface area contributed by atoms with E-state index in [4.69, 9.17) is 9.84 Å². The van der Waals surface area contributed by atoms with Crippen LogP contribution in [0.15, 0.2) is 36.5 Å². The molecule has 1 N–H and O–H groups in total. The maximum absolute atomic E-state index is 8.83. The highest BCUT2D eigenvalue weighted by atomic mass is 16.5. The molecule has 0 saturated carbocycles. The molecule has 0 aliphatic rings. The number of rotatable bonds is 4. The van der Waals surface area contributed by atoms with Crippen molar-refractivity contribution in [2.75, 3.05) is 6.61 Å². The molecule has 1 unspecified atom stereocenters. The van der Waals surface area contributed by atoms with Gasteiger partial charge in [-0.25, -0.2) is 0 Å². The van der Waals surface area contributed by atoms with Crippen molar-refractivity contribution >= 4 is 10.9 Å². The normalized spacial score (nSPS) is 12.6. The van der Waals surface area contributed by atoms with E-state index in [1.807, 2.05) is 37.3 Å². The Bertz CT molecular complexity index is 465. The van der Waals surface area contributed by atoms with Crippen molar-refractivity contribution in [3.63, 3.8) is 0 Å². The van der Waals surface area contributed by atoms with E-state index in [9.17, 15) is 0 Å². The van der Waals surface area contributed by atoms with Crippen LogP contribution in [0.3, 0.4) is 0 Å². The molecular formula is C13H15NO2. The van der Waals surface area contributed by atoms with Gasteiger partial charge in [-0.15, -0.1) is 0 Å². The standard InChI is InChI=1S/C13H15NO2/c1-10(7-9-15)16-12-6-2-4-11-5-3-8-14-13(11)12/h2-6,8,10,15H,7,9H2,1H3. The number of aliphatic hydroxyl groups is 1. The van der Waals surface area contributed by atoms with Crippen LogP contribution in [-0.4, -0.2) is 22.8 Å². The molecule has 0 bridgehead atoms. The highest BCUT2D eigenvalue weighted by Gasteiger charge is 2.07. The maximum Gasteiger partial charge on any atom is 0.145 e. The van der Waals surface area contributed by atoms with Gasteiger partial charge in [-0.05, 0) is 19.1 Å². The number of benzene rings is 1. The summed E-state index contributed by atoms with van der Waals surface area (Å²) in [6.07, 6.45) is 2.38. The molecule has 1 aromatic heterocycles. The molecule has 0 aliphatic carbocycles. The molecule has 3 heteroatoms. The number of pyridine rings is 1. The van der Waals surface area contributed by atoms with Crippen LogP contribution < -0.4 is 4.74 Å². The minimum Gasteiger partial charge on any atom is -0.488 e. The average molecular weight is 217 g/mol. The lowest BCUT2D eigenvalue weighted by atomic mass is 10.2. The molecule has 0 amide bonds. The van der Waals surface area contributed by atoms with Crippen molar-refractivity contribution < 1.29 is 9.84 Å². The van der Waals surface area contributed by atoms with Gasteiger partial charge in [0, 0.05) is 24.6 Å². The van der Waals surface area contributed by atoms with E-state index in [0.29, 0.717) is 6.42 Å². The van der Waals surface area contributed by atoms with Crippen molar-refractivity contribution in [2.24, 2.45) is 0 Å². The Morgan fingerprint density at radius 1 is 1.31 bits per heavy atom. The van der Waals surface area contributed by atoms with Gasteiger partial charge in [-0.3, -0.25) is 4.98 Å². The summed E-state index contributed by atoms with van der Waals surface area (Å²) in [6, 6.07) is 9.77. The molecule has 0 fully saturated rings. The quantitative estimate of drug-likeness (QED) is 0.855. The molecule has 84 valence electrons. The van der Waals surface area contributed by atoms with Crippen LogP contribution in [0.4, 0.5) is 0 Å². The van der Waals surface area contributed by atoms with E-state index in [1.54, 1.807) is 6.20 Å². The van der Waals surface area contributed by atoms with E-state index < -0.39 is 0 Å². The number of para-hydroxylation sites is 1. The summed E-state index contributed by atoms with van der Waals surface area (Å²) in [5.74, 6) is 0.777. The third-order valence-corrected chi connectivity index (χ3v) is 2.46. The summed E-state index contributed by atoms with van der Waals surface area (Å²) in [5, 5.41) is 9.90. The summed E-state index contributed by atoms with van der Waals surface area (Å²) in [4.78, 5) is 4.31. The Labute approximate surface area is 94.7 Å². The Morgan fingerprint density at radius 3 is 2.94 bits per heavy atom. The second kappa shape index (κ2) is 4.94. The molecule has 0 radical (unpaired) electrons. The fourth-order valence-corrected chi connectivity index (χ4v) is 1.63. The molecule has 0 aliphatic heterocycles. The molecule has 1 aromatic carbocycles. The Morgan fingerprint density at radius 2 is 2.12 bits per heavy atom. The van der Waals surface area contributed by atoms with Crippen molar-refractivity contribution in [1.82, 2.24) is 4.98 Å². The number of aromatic nitrogens is 1. The summed E-state index contributed by atoms with van der Waals surface area (Å²) >= 11 is 0. The molecule has 0 spiro atoms. The summed E-state index contributed by atoms with van der Waals surface area (Å²) in [6.45, 7) is 2.08. The van der Waals surface area contributed by atoms with E-state index in [-0.39, 0.29) is 12.7 Å². The Hall–Kier alpha value is -1.61. The SMILES string of the molecule is CC(CCO)Oc1cccc2cccnc12. The number of nitrogens with zero attached hydrogens (tertiary/aromatic N) is 1. The van der Waals surface area contributed by atoms with Crippen LogP contribution in [0, 0.1) is 0 Å². The smallest absolute Gasteiger partial charge is 0.145 e. The van der Waals surface area contributed by atoms with Gasteiger partial charge < -0.3 is 9.84 Å². The van der Waals surface area contributed by atoms with E-state index >= 15 is 0 Å². The lowest BCUT2D eigenvalue weighted by molar-refractivity contribution is 0.170. The zero-order chi connectivity index (χ0) is 11.4. The fraction of sp³-hybridized carbons (Fsp3) is 0.308. The van der Waals surface area contributed by atoms with Gasteiger partial charge in [0.2, 0.25) is 0 Å². The predicted molar refractivity (Wildman–Crippen MR) is 63.5 cm³/mol. The van der Waals surface area contributed by atoms with Crippen LogP contribution in [0.1, 0.15) is 13.3 Å². The first kappa shape index (κ1) is 10.9. The Balaban J connectivity index is 2.30. The second-order valence-corrected chi connectivity index (χ2v) is 3.77. The first-order chi connectivity index (χ1) is 7.81. The molecule has 16 heavy (non-hydrogen) atoms. The van der Waals surface area contributed by atoms with Gasteiger partial charge in [-0.2, -0.15) is 0 Å². The molecule has 1 atom stereocenters. The first-order valence-corrected chi connectivity index (χ1v) is 5.42. The van der Waals surface area contributed by atoms with Crippen molar-refractivity contribution in [2.45, 2.75) is 19.4 Å². The van der Waals surface area contributed by atoms with Crippen molar-refractivity contribution in [3.8, 4) is 5.75 Å². The fourth-order valence-electron chi connectivity index (χ4n) is 1.63. The average Bonchev–Trinajstić information content (AvgIpc) is 2.30. The number of hydrogen-bond donors (Lipinski definition) is 1. The number of fused-ring (bicyclic) bond motifs is 1. The van der Waals surface area contributed by atoms with Gasteiger partial charge in [0.15, 0.2) is 0 Å². The summed E-state index contributed by atoms with van der Waals surface area (Å²) < 4.78 is 5.75. The molecule has 1 heterocycles. The van der Waals surface area contributed by atoms with Crippen LogP contribution >= 0.6 is 0 Å². The minimum atomic E-state index is -0.00222. The monoisotopic (exact) mass is 217 g/mol. The highest BCUT2D eigenvalue weighted by Crippen LogP contribution is 2.24. The topological polar surface area (TPSA) is 42.4 Å². The largest absolute Gasteiger partial charge is 0.488 e. The maximum atomic E-state index is 8.83. The molecule has 3 nitrogen and oxygen atoms in total. The number of aliphatic hydroxyl groups excluding tert-OH is 1. The molecule has 0 saturated heterocycles. The van der Waals surface area contributed by atoms with E-state index in [1.165, 1.54) is 0 Å². The molecule has 2 rings (SSSR count). The number of hydrogen-bond acceptors (Lipinski definition) is 3. The lowest BCUT2D eigenvalue weighted by Gasteiger charge is -2.14. The summed E-state index contributed by atoms with van der Waals surface area (Å²) in [7, 11) is 0. The third kappa shape index (κ3) is 2.31. The van der Waals surface area contributed by atoms with Gasteiger partial charge in [0.1, 0.15) is 11.3 Å². The highest BCUT2D eigenvalue weighted by molar-refractivity contribution is 5.84.